The lowest BCUT2D eigenvalue weighted by Crippen LogP contribution is -2.30. The number of pyridine rings is 1. The van der Waals surface area contributed by atoms with Gasteiger partial charge in [-0.05, 0) is 25.1 Å². The Bertz CT molecular complexity index is 755. The molecule has 1 aromatic heterocycles. The average molecular weight is 347 g/mol. The van der Waals surface area contributed by atoms with Gasteiger partial charge in [-0.15, -0.1) is 0 Å². The summed E-state index contributed by atoms with van der Waals surface area (Å²) in [5, 5.41) is 9.21. The normalized spacial score (nSPS) is 13.5. The van der Waals surface area contributed by atoms with Gasteiger partial charge in [0.15, 0.2) is 11.7 Å². The Morgan fingerprint density at radius 2 is 2.00 bits per heavy atom. The maximum absolute atomic E-state index is 12.4. The van der Waals surface area contributed by atoms with Gasteiger partial charge >= 0.3 is 0 Å². The summed E-state index contributed by atoms with van der Waals surface area (Å²) in [6.07, 6.45) is 7.48. The highest BCUT2D eigenvalue weighted by atomic mass is 32.2. The van der Waals surface area contributed by atoms with Gasteiger partial charge < -0.3 is 0 Å². The predicted molar refractivity (Wildman–Crippen MR) is 91.7 cm³/mol. The molecule has 0 saturated heterocycles. The van der Waals surface area contributed by atoms with Crippen molar-refractivity contribution < 1.29 is 13.2 Å². The fourth-order valence-corrected chi connectivity index (χ4v) is 3.46. The van der Waals surface area contributed by atoms with Gasteiger partial charge in [-0.1, -0.05) is 32.1 Å². The number of nitrogens with zero attached hydrogens (tertiary/aromatic N) is 3. The molecule has 128 valence electrons. The Morgan fingerprint density at radius 3 is 2.46 bits per heavy atom. The zero-order valence-electron chi connectivity index (χ0n) is 14.0. The molecule has 1 heterocycles. The van der Waals surface area contributed by atoms with Crippen molar-refractivity contribution in [2.45, 2.75) is 31.6 Å². The van der Waals surface area contributed by atoms with E-state index in [1.807, 2.05) is 13.0 Å². The molecule has 1 unspecified atom stereocenters. The van der Waals surface area contributed by atoms with Gasteiger partial charge in [-0.25, -0.2) is 8.42 Å². The van der Waals surface area contributed by atoms with Crippen LogP contribution in [0.25, 0.3) is 0 Å². The van der Waals surface area contributed by atoms with Crippen LogP contribution in [0, 0.1) is 11.3 Å². The molecule has 0 aliphatic heterocycles. The number of nitriles is 1. The fourth-order valence-electron chi connectivity index (χ4n) is 2.06. The zero-order chi connectivity index (χ0) is 18.2. The molecule has 1 atom stereocenters. The first-order valence-electron chi connectivity index (χ1n) is 7.61. The van der Waals surface area contributed by atoms with E-state index in [1.165, 1.54) is 28.7 Å². The summed E-state index contributed by atoms with van der Waals surface area (Å²) < 4.78 is 26.1. The molecule has 0 aliphatic carbocycles. The number of sulfonamides is 1. The Labute approximate surface area is 143 Å². The first kappa shape index (κ1) is 19.7. The van der Waals surface area contributed by atoms with Crippen LogP contribution in [-0.2, 0) is 14.8 Å². The van der Waals surface area contributed by atoms with Gasteiger partial charge in [0.05, 0.1) is 11.8 Å². The molecular formula is C17H21N3O3S. The number of hydrogen-bond donors (Lipinski definition) is 0. The second kappa shape index (κ2) is 9.11. The van der Waals surface area contributed by atoms with Gasteiger partial charge in [0.25, 0.3) is 0 Å². The van der Waals surface area contributed by atoms with E-state index in [2.05, 4.69) is 4.98 Å². The SMILES string of the molecule is CC=CC=CC(=O)C(C#N)c1ccc(S(=O)(=O)N(CC)CC)cn1. The van der Waals surface area contributed by atoms with Crippen molar-refractivity contribution in [3.05, 3.63) is 48.3 Å². The smallest absolute Gasteiger partial charge is 0.244 e. The van der Waals surface area contributed by atoms with Crippen LogP contribution in [0.15, 0.2) is 47.5 Å². The minimum atomic E-state index is -3.61. The van der Waals surface area contributed by atoms with E-state index in [1.54, 1.807) is 32.1 Å². The van der Waals surface area contributed by atoms with Gasteiger partial charge in [-0.3, -0.25) is 9.78 Å². The molecule has 0 N–H and O–H groups in total. The predicted octanol–water partition coefficient (Wildman–Crippen LogP) is 2.42. The molecule has 1 aromatic rings. The van der Waals surface area contributed by atoms with Gasteiger partial charge in [0.2, 0.25) is 10.0 Å². The molecule has 1 rings (SSSR count). The molecule has 7 heteroatoms. The molecule has 0 saturated carbocycles. The molecule has 0 fully saturated rings. The Morgan fingerprint density at radius 1 is 1.33 bits per heavy atom. The molecule has 24 heavy (non-hydrogen) atoms. The summed E-state index contributed by atoms with van der Waals surface area (Å²) in [6, 6.07) is 4.69. The molecule has 0 aliphatic rings. The van der Waals surface area contributed by atoms with E-state index in [9.17, 15) is 18.5 Å². The maximum Gasteiger partial charge on any atom is 0.244 e. The molecule has 0 aromatic carbocycles. The lowest BCUT2D eigenvalue weighted by atomic mass is 10.0. The van der Waals surface area contributed by atoms with Crippen LogP contribution in [0.1, 0.15) is 32.4 Å². The first-order chi connectivity index (χ1) is 11.4. The molecule has 0 spiro atoms. The number of aromatic nitrogens is 1. The number of carbonyl (C=O) groups excluding carboxylic acids is 1. The van der Waals surface area contributed by atoms with E-state index in [4.69, 9.17) is 0 Å². The molecule has 0 bridgehead atoms. The summed E-state index contributed by atoms with van der Waals surface area (Å²) >= 11 is 0. The van der Waals surface area contributed by atoms with Crippen molar-refractivity contribution in [2.24, 2.45) is 0 Å². The van der Waals surface area contributed by atoms with Crippen LogP contribution in [0.3, 0.4) is 0 Å². The zero-order valence-corrected chi connectivity index (χ0v) is 14.8. The number of rotatable bonds is 8. The van der Waals surface area contributed by atoms with Crippen molar-refractivity contribution in [1.82, 2.24) is 9.29 Å². The quantitative estimate of drug-likeness (QED) is 0.532. The average Bonchev–Trinajstić information content (AvgIpc) is 2.57. The summed E-state index contributed by atoms with van der Waals surface area (Å²) in [4.78, 5) is 16.1. The van der Waals surface area contributed by atoms with Crippen LogP contribution in [-0.4, -0.2) is 36.6 Å². The Balaban J connectivity index is 3.09. The van der Waals surface area contributed by atoms with Crippen molar-refractivity contribution in [2.75, 3.05) is 13.1 Å². The topological polar surface area (TPSA) is 91.1 Å². The molecule has 0 amide bonds. The number of hydrogen-bond acceptors (Lipinski definition) is 5. The first-order valence-corrected chi connectivity index (χ1v) is 9.05. The van der Waals surface area contributed by atoms with Gasteiger partial charge in [0.1, 0.15) is 4.90 Å². The second-order valence-corrected chi connectivity index (χ2v) is 6.80. The summed E-state index contributed by atoms with van der Waals surface area (Å²) in [5.41, 5.74) is 0.228. The highest BCUT2D eigenvalue weighted by Crippen LogP contribution is 2.19. The fraction of sp³-hybridized carbons (Fsp3) is 0.353. The van der Waals surface area contributed by atoms with Gasteiger partial charge in [0, 0.05) is 19.3 Å². The van der Waals surface area contributed by atoms with E-state index in [0.29, 0.717) is 13.1 Å². The van der Waals surface area contributed by atoms with Crippen LogP contribution in [0.4, 0.5) is 0 Å². The lowest BCUT2D eigenvalue weighted by Gasteiger charge is -2.18. The molecule has 6 nitrogen and oxygen atoms in total. The number of carbonyl (C=O) groups is 1. The van der Waals surface area contributed by atoms with E-state index >= 15 is 0 Å². The van der Waals surface area contributed by atoms with Crippen molar-refractivity contribution >= 4 is 15.8 Å². The molecule has 0 radical (unpaired) electrons. The monoisotopic (exact) mass is 347 g/mol. The Hall–Kier alpha value is -2.30. The third-order valence-corrected chi connectivity index (χ3v) is 5.41. The van der Waals surface area contributed by atoms with Crippen LogP contribution in [0.2, 0.25) is 0 Å². The highest BCUT2D eigenvalue weighted by Gasteiger charge is 2.24. The maximum atomic E-state index is 12.4. The van der Waals surface area contributed by atoms with Crippen molar-refractivity contribution in [3.8, 4) is 6.07 Å². The largest absolute Gasteiger partial charge is 0.293 e. The highest BCUT2D eigenvalue weighted by molar-refractivity contribution is 7.89. The third kappa shape index (κ3) is 4.60. The Kier molecular flexibility index (Phi) is 7.49. The van der Waals surface area contributed by atoms with Crippen molar-refractivity contribution in [1.29, 1.82) is 5.26 Å². The number of ketones is 1. The van der Waals surface area contributed by atoms with Crippen LogP contribution in [0.5, 0.6) is 0 Å². The van der Waals surface area contributed by atoms with Crippen LogP contribution < -0.4 is 0 Å². The second-order valence-electron chi connectivity index (χ2n) is 4.86. The summed E-state index contributed by atoms with van der Waals surface area (Å²) in [7, 11) is -3.61. The van der Waals surface area contributed by atoms with E-state index in [-0.39, 0.29) is 10.6 Å². The lowest BCUT2D eigenvalue weighted by molar-refractivity contribution is -0.114. The minimum Gasteiger partial charge on any atom is -0.293 e. The van der Waals surface area contributed by atoms with E-state index < -0.39 is 21.7 Å². The molecular weight excluding hydrogens is 326 g/mol. The van der Waals surface area contributed by atoms with E-state index in [0.717, 1.165) is 0 Å². The third-order valence-electron chi connectivity index (χ3n) is 3.38. The summed E-state index contributed by atoms with van der Waals surface area (Å²) in [6.45, 7) is 6.03. The standard InChI is InChI=1S/C17H21N3O3S/c1-4-7-8-9-17(21)15(12-18)16-11-10-14(13-19-16)24(22,23)20(5-2)6-3/h4,7-11,13,15H,5-6H2,1-3H3. The number of allylic oxidation sites excluding steroid dienone is 4. The van der Waals surface area contributed by atoms with Crippen LogP contribution >= 0.6 is 0 Å². The minimum absolute atomic E-state index is 0.0450. The van der Waals surface area contributed by atoms with Crippen molar-refractivity contribution in [3.63, 3.8) is 0 Å². The summed E-state index contributed by atoms with van der Waals surface area (Å²) in [5.74, 6) is -1.46. The van der Waals surface area contributed by atoms with Gasteiger partial charge in [-0.2, -0.15) is 9.57 Å².